The summed E-state index contributed by atoms with van der Waals surface area (Å²) in [4.78, 5) is 24.6. The molecule has 0 aromatic carbocycles. The van der Waals surface area contributed by atoms with Crippen LogP contribution in [-0.4, -0.2) is 65.4 Å². The highest BCUT2D eigenvalue weighted by atomic mass is 32.2. The van der Waals surface area contributed by atoms with Crippen LogP contribution >= 0.6 is 11.8 Å². The van der Waals surface area contributed by atoms with E-state index in [9.17, 15) is 9.59 Å². The van der Waals surface area contributed by atoms with E-state index >= 15 is 0 Å². The van der Waals surface area contributed by atoms with E-state index in [4.69, 9.17) is 9.84 Å². The van der Waals surface area contributed by atoms with E-state index in [2.05, 4.69) is 5.32 Å². The quantitative estimate of drug-likeness (QED) is 0.655. The summed E-state index contributed by atoms with van der Waals surface area (Å²) in [6.07, 6.45) is 0. The van der Waals surface area contributed by atoms with Crippen LogP contribution in [-0.2, 0) is 9.53 Å². The van der Waals surface area contributed by atoms with Crippen LogP contribution in [0.4, 0.5) is 4.79 Å². The van der Waals surface area contributed by atoms with Crippen LogP contribution in [0.15, 0.2) is 0 Å². The molecule has 7 heteroatoms. The van der Waals surface area contributed by atoms with Gasteiger partial charge in [-0.1, -0.05) is 11.8 Å². The van der Waals surface area contributed by atoms with Gasteiger partial charge in [0.2, 0.25) is 5.91 Å². The average molecular weight is 246 g/mol. The molecular weight excluding hydrogens is 232 g/mol. The van der Waals surface area contributed by atoms with Gasteiger partial charge >= 0.3 is 0 Å². The fourth-order valence-electron chi connectivity index (χ4n) is 1.81. The summed E-state index contributed by atoms with van der Waals surface area (Å²) in [6.45, 7) is 1.20. The van der Waals surface area contributed by atoms with E-state index in [1.165, 1.54) is 0 Å². The van der Waals surface area contributed by atoms with Gasteiger partial charge in [0, 0.05) is 12.3 Å². The predicted molar refractivity (Wildman–Crippen MR) is 58.2 cm³/mol. The third-order valence-electron chi connectivity index (χ3n) is 2.69. The summed E-state index contributed by atoms with van der Waals surface area (Å²) in [6, 6.07) is -0.742. The number of ether oxygens (including phenoxy) is 1. The lowest BCUT2D eigenvalue weighted by atomic mass is 10.2. The first-order valence-corrected chi connectivity index (χ1v) is 6.13. The molecule has 2 aliphatic rings. The van der Waals surface area contributed by atoms with Crippen molar-refractivity contribution < 1.29 is 19.4 Å². The Hall–Kier alpha value is -0.790. The molecule has 2 atom stereocenters. The highest BCUT2D eigenvalue weighted by Gasteiger charge is 2.35. The van der Waals surface area contributed by atoms with Crippen molar-refractivity contribution in [2.45, 2.75) is 12.1 Å². The van der Waals surface area contributed by atoms with Gasteiger partial charge in [-0.25, -0.2) is 0 Å². The zero-order valence-corrected chi connectivity index (χ0v) is 9.53. The Morgan fingerprint density at radius 3 is 3.12 bits per heavy atom. The van der Waals surface area contributed by atoms with E-state index in [1.807, 2.05) is 0 Å². The second-order valence-corrected chi connectivity index (χ2v) is 4.73. The summed E-state index contributed by atoms with van der Waals surface area (Å²) in [5.74, 6) is 0.341. The minimum Gasteiger partial charge on any atom is -0.394 e. The van der Waals surface area contributed by atoms with E-state index < -0.39 is 6.04 Å². The number of aliphatic hydroxyl groups excluding tert-OH is 1. The Morgan fingerprint density at radius 1 is 1.69 bits per heavy atom. The zero-order chi connectivity index (χ0) is 11.5. The Kier molecular flexibility index (Phi) is 3.67. The summed E-state index contributed by atoms with van der Waals surface area (Å²) in [5.41, 5.74) is 0. The third kappa shape index (κ3) is 2.31. The van der Waals surface area contributed by atoms with Gasteiger partial charge < -0.3 is 20.1 Å². The van der Waals surface area contributed by atoms with Crippen LogP contribution in [0.1, 0.15) is 0 Å². The number of carbonyl (C=O) groups is 2. The van der Waals surface area contributed by atoms with Gasteiger partial charge in [0.05, 0.1) is 25.9 Å². The van der Waals surface area contributed by atoms with E-state index in [0.29, 0.717) is 25.5 Å². The fourth-order valence-corrected chi connectivity index (χ4v) is 2.58. The zero-order valence-electron chi connectivity index (χ0n) is 8.72. The molecule has 0 bridgehead atoms. The van der Waals surface area contributed by atoms with E-state index in [0.717, 1.165) is 11.8 Å². The van der Waals surface area contributed by atoms with Crippen molar-refractivity contribution in [1.29, 1.82) is 0 Å². The molecule has 16 heavy (non-hydrogen) atoms. The normalized spacial score (nSPS) is 30.3. The molecule has 0 radical (unpaired) electrons. The number of morpholine rings is 1. The maximum atomic E-state index is 12.0. The Morgan fingerprint density at radius 2 is 2.50 bits per heavy atom. The van der Waals surface area contributed by atoms with Crippen LogP contribution < -0.4 is 5.32 Å². The number of nitrogens with zero attached hydrogens (tertiary/aromatic N) is 1. The van der Waals surface area contributed by atoms with Crippen molar-refractivity contribution in [3.63, 3.8) is 0 Å². The molecule has 2 aliphatic heterocycles. The monoisotopic (exact) mass is 246 g/mol. The van der Waals surface area contributed by atoms with Gasteiger partial charge in [-0.05, 0) is 0 Å². The number of hydrogen-bond acceptors (Lipinski definition) is 5. The Bertz CT molecular complexity index is 299. The van der Waals surface area contributed by atoms with Crippen molar-refractivity contribution in [2.75, 3.05) is 32.1 Å². The molecule has 2 unspecified atom stereocenters. The molecule has 2 heterocycles. The van der Waals surface area contributed by atoms with Gasteiger partial charge in [0.25, 0.3) is 5.24 Å². The van der Waals surface area contributed by atoms with E-state index in [-0.39, 0.29) is 23.8 Å². The van der Waals surface area contributed by atoms with Crippen molar-refractivity contribution in [3.05, 3.63) is 0 Å². The van der Waals surface area contributed by atoms with Crippen molar-refractivity contribution in [2.24, 2.45) is 0 Å². The number of hydrogen-bond donors (Lipinski definition) is 2. The smallest absolute Gasteiger partial charge is 0.279 e. The molecule has 0 aromatic rings. The standard InChI is InChI=1S/C9H14N2O4S/c12-3-6-4-15-2-1-11(6)8(13)7-5-16-9(14)10-7/h6-7,12H,1-5H2,(H,10,14). The van der Waals surface area contributed by atoms with Crippen LogP contribution in [0.25, 0.3) is 0 Å². The van der Waals surface area contributed by atoms with Crippen molar-refractivity contribution in [1.82, 2.24) is 10.2 Å². The second-order valence-electron chi connectivity index (χ2n) is 3.74. The molecule has 2 saturated heterocycles. The molecule has 90 valence electrons. The first-order valence-electron chi connectivity index (χ1n) is 5.14. The maximum Gasteiger partial charge on any atom is 0.279 e. The van der Waals surface area contributed by atoms with Crippen LogP contribution in [0.3, 0.4) is 0 Å². The minimum absolute atomic E-state index is 0.112. The molecule has 6 nitrogen and oxygen atoms in total. The lowest BCUT2D eigenvalue weighted by Gasteiger charge is -2.35. The van der Waals surface area contributed by atoms with Crippen LogP contribution in [0.2, 0.25) is 0 Å². The molecule has 0 aromatic heterocycles. The van der Waals surface area contributed by atoms with E-state index in [1.54, 1.807) is 4.90 Å². The first-order chi connectivity index (χ1) is 7.72. The summed E-state index contributed by atoms with van der Waals surface area (Å²) >= 11 is 1.12. The summed E-state index contributed by atoms with van der Waals surface area (Å²) < 4.78 is 5.19. The highest BCUT2D eigenvalue weighted by Crippen LogP contribution is 2.17. The lowest BCUT2D eigenvalue weighted by Crippen LogP contribution is -2.55. The molecule has 2 fully saturated rings. The first kappa shape index (κ1) is 11.7. The Labute approximate surface area is 97.3 Å². The fraction of sp³-hybridized carbons (Fsp3) is 0.778. The molecule has 2 N–H and O–H groups in total. The van der Waals surface area contributed by atoms with Crippen molar-refractivity contribution >= 4 is 22.9 Å². The number of thioether (sulfide) groups is 1. The molecule has 0 spiro atoms. The van der Waals surface area contributed by atoms with Gasteiger partial charge in [0.1, 0.15) is 6.04 Å². The van der Waals surface area contributed by atoms with Gasteiger partial charge in [-0.15, -0.1) is 0 Å². The highest BCUT2D eigenvalue weighted by molar-refractivity contribution is 8.14. The number of aliphatic hydroxyl groups is 1. The number of rotatable bonds is 2. The molecular formula is C9H14N2O4S. The number of amides is 2. The molecule has 0 saturated carbocycles. The summed E-state index contributed by atoms with van der Waals surface area (Å²) in [7, 11) is 0. The van der Waals surface area contributed by atoms with Crippen LogP contribution in [0, 0.1) is 0 Å². The Balaban J connectivity index is 1.99. The van der Waals surface area contributed by atoms with Gasteiger partial charge in [-0.3, -0.25) is 9.59 Å². The third-order valence-corrected chi connectivity index (χ3v) is 3.57. The SMILES string of the molecule is O=C1NC(C(=O)N2CCOCC2CO)CS1. The molecule has 2 rings (SSSR count). The van der Waals surface area contributed by atoms with Gasteiger partial charge in [-0.2, -0.15) is 0 Å². The number of nitrogens with one attached hydrogen (secondary N) is 1. The molecule has 2 amide bonds. The lowest BCUT2D eigenvalue weighted by molar-refractivity contribution is -0.142. The molecule has 0 aliphatic carbocycles. The van der Waals surface area contributed by atoms with Crippen molar-refractivity contribution in [3.8, 4) is 0 Å². The minimum atomic E-state index is -0.454. The second kappa shape index (κ2) is 5.03. The maximum absolute atomic E-state index is 12.0. The largest absolute Gasteiger partial charge is 0.394 e. The van der Waals surface area contributed by atoms with Crippen LogP contribution in [0.5, 0.6) is 0 Å². The topological polar surface area (TPSA) is 78.9 Å². The van der Waals surface area contributed by atoms with Gasteiger partial charge in [0.15, 0.2) is 0 Å². The number of carbonyl (C=O) groups excluding carboxylic acids is 2. The predicted octanol–water partition coefficient (Wildman–Crippen LogP) is -0.969. The average Bonchev–Trinajstić information content (AvgIpc) is 2.75. The summed E-state index contributed by atoms with van der Waals surface area (Å²) in [5, 5.41) is 11.6.